The van der Waals surface area contributed by atoms with Gasteiger partial charge in [0, 0.05) is 50.6 Å². The maximum absolute atomic E-state index is 13.5. The number of anilines is 1. The highest BCUT2D eigenvalue weighted by molar-refractivity contribution is 5.88. The number of benzene rings is 1. The van der Waals surface area contributed by atoms with E-state index in [0.717, 1.165) is 37.4 Å². The van der Waals surface area contributed by atoms with Gasteiger partial charge in [-0.2, -0.15) is 5.10 Å². The van der Waals surface area contributed by atoms with Gasteiger partial charge in [-0.3, -0.25) is 9.78 Å². The molecule has 3 aromatic rings. The Morgan fingerprint density at radius 1 is 0.968 bits per heavy atom. The molecule has 3 fully saturated rings. The van der Waals surface area contributed by atoms with Gasteiger partial charge in [-0.25, -0.2) is 4.68 Å². The van der Waals surface area contributed by atoms with Crippen molar-refractivity contribution in [2.24, 2.45) is 0 Å². The molecule has 6 rings (SSSR count). The molecule has 0 aliphatic carbocycles. The minimum absolute atomic E-state index is 0.0878. The van der Waals surface area contributed by atoms with Crippen LogP contribution < -0.4 is 4.90 Å². The Bertz CT molecular complexity index is 1080. The first kappa shape index (κ1) is 18.6. The molecule has 7 nitrogen and oxygen atoms in total. The van der Waals surface area contributed by atoms with Crippen molar-refractivity contribution in [1.82, 2.24) is 19.7 Å². The smallest absolute Gasteiger partial charge is 0.257 e. The number of fused-ring (bicyclic) bond motifs is 1. The number of ether oxygens (including phenoxy) is 1. The molecule has 3 saturated heterocycles. The summed E-state index contributed by atoms with van der Waals surface area (Å²) >= 11 is 0. The maximum atomic E-state index is 13.5. The molecule has 1 amide bonds. The van der Waals surface area contributed by atoms with E-state index < -0.39 is 5.60 Å². The lowest BCUT2D eigenvalue weighted by atomic mass is 9.89. The Morgan fingerprint density at radius 2 is 1.74 bits per heavy atom. The molecule has 0 N–H and O–H groups in total. The number of carbonyl (C=O) groups is 1. The molecule has 1 aromatic carbocycles. The van der Waals surface area contributed by atoms with Gasteiger partial charge in [-0.1, -0.05) is 30.3 Å². The Hall–Kier alpha value is -3.19. The summed E-state index contributed by atoms with van der Waals surface area (Å²) in [6.07, 6.45) is 8.67. The molecule has 7 heteroatoms. The van der Waals surface area contributed by atoms with Crippen molar-refractivity contribution in [3.8, 4) is 5.69 Å². The first-order valence-corrected chi connectivity index (χ1v) is 11.0. The van der Waals surface area contributed by atoms with Gasteiger partial charge in [0.15, 0.2) is 11.4 Å². The monoisotopic (exact) mass is 415 g/mol. The van der Waals surface area contributed by atoms with Crippen molar-refractivity contribution in [2.45, 2.75) is 43.6 Å². The zero-order valence-electron chi connectivity index (χ0n) is 17.3. The summed E-state index contributed by atoms with van der Waals surface area (Å²) in [5.74, 6) is 1.10. The van der Waals surface area contributed by atoms with E-state index in [0.29, 0.717) is 12.8 Å². The van der Waals surface area contributed by atoms with E-state index in [1.807, 2.05) is 52.2 Å². The van der Waals surface area contributed by atoms with E-state index in [4.69, 9.17) is 9.84 Å². The number of rotatable bonds is 3. The molecule has 3 aliphatic rings. The third-order valence-electron chi connectivity index (χ3n) is 6.90. The van der Waals surface area contributed by atoms with Crippen molar-refractivity contribution >= 4 is 11.7 Å². The topological polar surface area (TPSA) is 63.5 Å². The van der Waals surface area contributed by atoms with Gasteiger partial charge in [0.05, 0.1) is 11.7 Å². The normalized spacial score (nSPS) is 24.7. The second kappa shape index (κ2) is 7.20. The van der Waals surface area contributed by atoms with Crippen molar-refractivity contribution in [1.29, 1.82) is 0 Å². The van der Waals surface area contributed by atoms with Crippen LogP contribution in [0.25, 0.3) is 5.69 Å². The first-order valence-electron chi connectivity index (χ1n) is 11.0. The Labute approximate surface area is 181 Å². The number of hydrogen-bond donors (Lipinski definition) is 0. The molecule has 1 spiro atoms. The lowest BCUT2D eigenvalue weighted by Crippen LogP contribution is -2.50. The number of amides is 1. The second-order valence-corrected chi connectivity index (χ2v) is 8.59. The Kier molecular flexibility index (Phi) is 4.31. The van der Waals surface area contributed by atoms with Crippen LogP contribution in [-0.2, 0) is 9.53 Å². The van der Waals surface area contributed by atoms with Gasteiger partial charge in [0.1, 0.15) is 6.23 Å². The van der Waals surface area contributed by atoms with Gasteiger partial charge in [-0.15, -0.1) is 0 Å². The molecular formula is C24H25N5O2. The summed E-state index contributed by atoms with van der Waals surface area (Å²) in [4.78, 5) is 21.9. The Morgan fingerprint density at radius 3 is 2.52 bits per heavy atom. The van der Waals surface area contributed by atoms with Crippen LogP contribution in [0.15, 0.2) is 67.1 Å². The molecular weight excluding hydrogens is 390 g/mol. The van der Waals surface area contributed by atoms with E-state index in [-0.39, 0.29) is 18.2 Å². The standard InChI is InChI=1S/C24H25N5O2/c30-23-24(31-22-7-6-20(29(22)23)18-4-2-1-3-5-18)11-16-27(17-12-24)21-10-15-28(26-21)19-8-13-25-14-9-19/h1-5,8-10,13-15,20,22H,6-7,11-12,16-17H2/t20-,22+/m0/s1. The number of piperidine rings is 1. The van der Waals surface area contributed by atoms with Gasteiger partial charge in [0.25, 0.3) is 5.91 Å². The van der Waals surface area contributed by atoms with Crippen molar-refractivity contribution < 1.29 is 9.53 Å². The summed E-state index contributed by atoms with van der Waals surface area (Å²) in [6, 6.07) is 16.4. The maximum Gasteiger partial charge on any atom is 0.257 e. The zero-order chi connectivity index (χ0) is 20.8. The fourth-order valence-corrected chi connectivity index (χ4v) is 5.27. The first-order chi connectivity index (χ1) is 15.2. The molecule has 0 unspecified atom stereocenters. The summed E-state index contributed by atoms with van der Waals surface area (Å²) in [7, 11) is 0. The highest BCUT2D eigenvalue weighted by Gasteiger charge is 2.57. The van der Waals surface area contributed by atoms with Crippen LogP contribution in [0, 0.1) is 0 Å². The highest BCUT2D eigenvalue weighted by atomic mass is 16.6. The molecule has 0 bridgehead atoms. The van der Waals surface area contributed by atoms with E-state index in [9.17, 15) is 4.79 Å². The van der Waals surface area contributed by atoms with E-state index in [2.05, 4.69) is 22.0 Å². The average molecular weight is 415 g/mol. The fourth-order valence-electron chi connectivity index (χ4n) is 5.27. The van der Waals surface area contributed by atoms with Crippen LogP contribution in [-0.4, -0.2) is 50.5 Å². The fraction of sp³-hybridized carbons (Fsp3) is 0.375. The number of hydrogen-bond acceptors (Lipinski definition) is 5. The largest absolute Gasteiger partial charge is 0.355 e. The third kappa shape index (κ3) is 3.03. The predicted octanol–water partition coefficient (Wildman–Crippen LogP) is 3.33. The van der Waals surface area contributed by atoms with Crippen LogP contribution >= 0.6 is 0 Å². The number of pyridine rings is 1. The van der Waals surface area contributed by atoms with Crippen molar-refractivity contribution in [2.75, 3.05) is 18.0 Å². The molecule has 158 valence electrons. The van der Waals surface area contributed by atoms with Gasteiger partial charge >= 0.3 is 0 Å². The van der Waals surface area contributed by atoms with E-state index in [1.165, 1.54) is 5.56 Å². The summed E-state index contributed by atoms with van der Waals surface area (Å²) in [5, 5.41) is 4.73. The minimum atomic E-state index is -0.678. The highest BCUT2D eigenvalue weighted by Crippen LogP contribution is 2.47. The van der Waals surface area contributed by atoms with E-state index >= 15 is 0 Å². The SMILES string of the molecule is O=C1N2[C@@H](CC[C@H]2c2ccccc2)OC12CCN(c1ccn(-c3ccncc3)n1)CC2. The minimum Gasteiger partial charge on any atom is -0.355 e. The van der Waals surface area contributed by atoms with Gasteiger partial charge in [-0.05, 0) is 30.5 Å². The lowest BCUT2D eigenvalue weighted by molar-refractivity contribution is -0.140. The van der Waals surface area contributed by atoms with Crippen LogP contribution in [0.5, 0.6) is 0 Å². The van der Waals surface area contributed by atoms with E-state index in [1.54, 1.807) is 12.4 Å². The van der Waals surface area contributed by atoms with Crippen LogP contribution in [0.3, 0.4) is 0 Å². The predicted molar refractivity (Wildman–Crippen MR) is 116 cm³/mol. The van der Waals surface area contributed by atoms with Crippen LogP contribution in [0.2, 0.25) is 0 Å². The van der Waals surface area contributed by atoms with Crippen molar-refractivity contribution in [3.05, 3.63) is 72.7 Å². The zero-order valence-corrected chi connectivity index (χ0v) is 17.3. The van der Waals surface area contributed by atoms with Gasteiger partial charge < -0.3 is 14.5 Å². The van der Waals surface area contributed by atoms with Crippen molar-refractivity contribution in [3.63, 3.8) is 0 Å². The number of aromatic nitrogens is 3. The number of carbonyl (C=O) groups excluding carboxylic acids is 1. The van der Waals surface area contributed by atoms with Gasteiger partial charge in [0.2, 0.25) is 0 Å². The molecule has 2 aromatic heterocycles. The summed E-state index contributed by atoms with van der Waals surface area (Å²) in [6.45, 7) is 1.52. The van der Waals surface area contributed by atoms with Crippen LogP contribution in [0.4, 0.5) is 5.82 Å². The second-order valence-electron chi connectivity index (χ2n) is 8.59. The molecule has 0 saturated carbocycles. The molecule has 3 aliphatic heterocycles. The molecule has 5 heterocycles. The average Bonchev–Trinajstić information content (AvgIpc) is 3.53. The molecule has 0 radical (unpaired) electrons. The summed E-state index contributed by atoms with van der Waals surface area (Å²) < 4.78 is 8.31. The molecule has 2 atom stereocenters. The lowest BCUT2D eigenvalue weighted by Gasteiger charge is -2.37. The Balaban J connectivity index is 1.17. The number of nitrogens with zero attached hydrogens (tertiary/aromatic N) is 5. The summed E-state index contributed by atoms with van der Waals surface area (Å²) in [5.41, 5.74) is 1.51. The molecule has 31 heavy (non-hydrogen) atoms. The van der Waals surface area contributed by atoms with Crippen LogP contribution in [0.1, 0.15) is 37.3 Å². The quantitative estimate of drug-likeness (QED) is 0.657. The third-order valence-corrected chi connectivity index (χ3v) is 6.90.